The first-order valence-electron chi connectivity index (χ1n) is 20.8. The molecular formula is C53H49N5. The van der Waals surface area contributed by atoms with Crippen LogP contribution in [0.15, 0.2) is 143 Å². The highest BCUT2D eigenvalue weighted by Gasteiger charge is 2.61. The average molecular weight is 756 g/mol. The van der Waals surface area contributed by atoms with Gasteiger partial charge in [-0.2, -0.15) is 0 Å². The first-order valence-corrected chi connectivity index (χ1v) is 20.8. The van der Waals surface area contributed by atoms with Crippen molar-refractivity contribution >= 4 is 49.6 Å². The van der Waals surface area contributed by atoms with Crippen LogP contribution in [-0.2, 0) is 12.0 Å². The van der Waals surface area contributed by atoms with Crippen LogP contribution in [0.5, 0.6) is 0 Å². The number of hydrogen-bond donors (Lipinski definition) is 0. The molecule has 0 spiro atoms. The van der Waals surface area contributed by atoms with Gasteiger partial charge in [0.2, 0.25) is 0 Å². The second kappa shape index (κ2) is 12.2. The average Bonchev–Trinajstić information content (AvgIpc) is 3.83. The first-order chi connectivity index (χ1) is 27.9. The Bertz CT molecular complexity index is 3190. The number of aromatic nitrogens is 3. The van der Waals surface area contributed by atoms with Gasteiger partial charge in [0, 0.05) is 56.3 Å². The van der Waals surface area contributed by atoms with Crippen molar-refractivity contribution in [2.24, 2.45) is 10.9 Å². The van der Waals surface area contributed by atoms with Gasteiger partial charge in [-0.05, 0) is 150 Å². The minimum atomic E-state index is -0.403. The van der Waals surface area contributed by atoms with Crippen molar-refractivity contribution in [3.05, 3.63) is 172 Å². The number of amidine groups is 1. The molecule has 286 valence electrons. The van der Waals surface area contributed by atoms with E-state index in [9.17, 15) is 0 Å². The van der Waals surface area contributed by atoms with E-state index < -0.39 is 5.54 Å². The fourth-order valence-corrected chi connectivity index (χ4v) is 11.2. The van der Waals surface area contributed by atoms with Crippen molar-refractivity contribution in [2.45, 2.75) is 79.3 Å². The molecule has 0 unspecified atom stereocenters. The molecule has 5 heteroatoms. The lowest BCUT2D eigenvalue weighted by atomic mass is 9.78. The van der Waals surface area contributed by atoms with E-state index in [4.69, 9.17) is 9.98 Å². The molecule has 3 aromatic heterocycles. The summed E-state index contributed by atoms with van der Waals surface area (Å²) in [4.78, 5) is 13.5. The molecule has 0 radical (unpaired) electrons. The largest absolute Gasteiger partial charge is 0.320 e. The van der Waals surface area contributed by atoms with Gasteiger partial charge in [0.1, 0.15) is 17.0 Å². The molecule has 11 rings (SSSR count). The van der Waals surface area contributed by atoms with E-state index >= 15 is 0 Å². The summed E-state index contributed by atoms with van der Waals surface area (Å²) >= 11 is 0. The van der Waals surface area contributed by atoms with E-state index in [-0.39, 0.29) is 5.54 Å². The third-order valence-corrected chi connectivity index (χ3v) is 13.8. The molecule has 8 aromatic rings. The molecule has 0 amide bonds. The van der Waals surface area contributed by atoms with Gasteiger partial charge in [-0.1, -0.05) is 72.2 Å². The van der Waals surface area contributed by atoms with Gasteiger partial charge in [-0.15, -0.1) is 0 Å². The standard InChI is InChI=1S/C53H49N5/c1-31-15-19-46-43(26-31)41-18-17-39(57-47-20-16-32(2)27-44(47)42-13-11-21-54-51(42)57)29-48(41)56(46)40-25-34(4)24-38(28-40)50-55-53(8)45-14-10-9-12-37(45)30-52(53,7)58(50)49-35(5)22-33(3)23-36(49)6/h9-22,24-29,36H,23,30H2,1-8H3/t36-,52-,53+/m0/s1. The van der Waals surface area contributed by atoms with Crippen LogP contribution in [0.2, 0.25) is 0 Å². The van der Waals surface area contributed by atoms with Crippen LogP contribution in [-0.4, -0.2) is 30.4 Å². The van der Waals surface area contributed by atoms with Crippen LogP contribution >= 0.6 is 0 Å². The Morgan fingerprint density at radius 3 is 2.16 bits per heavy atom. The molecule has 5 nitrogen and oxygen atoms in total. The van der Waals surface area contributed by atoms with E-state index in [2.05, 4.69) is 179 Å². The monoisotopic (exact) mass is 755 g/mol. The zero-order chi connectivity index (χ0) is 39.8. The van der Waals surface area contributed by atoms with E-state index in [0.29, 0.717) is 5.92 Å². The Morgan fingerprint density at radius 2 is 1.38 bits per heavy atom. The van der Waals surface area contributed by atoms with E-state index in [1.165, 1.54) is 77.2 Å². The molecule has 58 heavy (non-hydrogen) atoms. The van der Waals surface area contributed by atoms with Crippen molar-refractivity contribution < 1.29 is 0 Å². The maximum Gasteiger partial charge on any atom is 0.145 e. The molecule has 0 N–H and O–H groups in total. The predicted molar refractivity (Wildman–Crippen MR) is 242 cm³/mol. The number of aryl methyl sites for hydroxylation is 3. The summed E-state index contributed by atoms with van der Waals surface area (Å²) < 4.78 is 4.81. The lowest BCUT2D eigenvalue weighted by Gasteiger charge is -2.45. The van der Waals surface area contributed by atoms with Crippen molar-refractivity contribution in [3.63, 3.8) is 0 Å². The highest BCUT2D eigenvalue weighted by Crippen LogP contribution is 2.57. The molecule has 3 atom stereocenters. The molecule has 0 bridgehead atoms. The van der Waals surface area contributed by atoms with E-state index in [0.717, 1.165) is 46.8 Å². The lowest BCUT2D eigenvalue weighted by molar-refractivity contribution is 0.162. The highest BCUT2D eigenvalue weighted by molar-refractivity contribution is 6.12. The highest BCUT2D eigenvalue weighted by atomic mass is 15.4. The normalized spacial score (nSPS) is 21.7. The molecule has 1 aliphatic heterocycles. The topological polar surface area (TPSA) is 38.4 Å². The second-order valence-corrected chi connectivity index (χ2v) is 18.0. The number of benzene rings is 5. The van der Waals surface area contributed by atoms with Crippen LogP contribution < -0.4 is 0 Å². The quantitative estimate of drug-likeness (QED) is 0.179. The van der Waals surface area contributed by atoms with Gasteiger partial charge in [0.05, 0.1) is 22.1 Å². The van der Waals surface area contributed by atoms with Crippen molar-refractivity contribution in [3.8, 4) is 11.4 Å². The van der Waals surface area contributed by atoms with Gasteiger partial charge in [0.25, 0.3) is 0 Å². The van der Waals surface area contributed by atoms with Gasteiger partial charge in [-0.3, -0.25) is 9.56 Å². The summed E-state index contributed by atoms with van der Waals surface area (Å²) in [6.07, 6.45) is 6.31. The lowest BCUT2D eigenvalue weighted by Crippen LogP contribution is -2.54. The zero-order valence-corrected chi connectivity index (χ0v) is 34.8. The Balaban J connectivity index is 1.16. The first kappa shape index (κ1) is 35.0. The molecule has 3 aliphatic rings. The van der Waals surface area contributed by atoms with Crippen LogP contribution in [0.3, 0.4) is 0 Å². The Hall–Kier alpha value is -6.20. The summed E-state index contributed by atoms with van der Waals surface area (Å²) in [5.41, 5.74) is 17.9. The minimum Gasteiger partial charge on any atom is -0.320 e. The molecular weight excluding hydrogens is 707 g/mol. The summed E-state index contributed by atoms with van der Waals surface area (Å²) in [5.74, 6) is 1.45. The Morgan fingerprint density at radius 1 is 0.638 bits per heavy atom. The SMILES string of the molecule is CC1=CC(C)=C(N2C(c3cc(C)cc(-n4c5ccc(C)cc5c5ccc(-n6c7ccc(C)cc7c7cccnc76)cc54)c3)=N[C@]3(C)c4ccccc4C[C@]23C)[C@@H](C)C1. The van der Waals surface area contributed by atoms with Crippen molar-refractivity contribution in [1.29, 1.82) is 0 Å². The molecule has 0 saturated heterocycles. The fourth-order valence-electron chi connectivity index (χ4n) is 11.2. The summed E-state index contributed by atoms with van der Waals surface area (Å²) in [5, 5.41) is 4.88. The number of nitrogens with zero attached hydrogens (tertiary/aromatic N) is 5. The van der Waals surface area contributed by atoms with Crippen LogP contribution in [0.4, 0.5) is 0 Å². The number of fused-ring (bicyclic) bond motifs is 9. The number of hydrogen-bond acceptors (Lipinski definition) is 3. The molecule has 0 saturated carbocycles. The maximum absolute atomic E-state index is 5.89. The van der Waals surface area contributed by atoms with Gasteiger partial charge in [0.15, 0.2) is 0 Å². The predicted octanol–water partition coefficient (Wildman–Crippen LogP) is 12.8. The van der Waals surface area contributed by atoms with Gasteiger partial charge < -0.3 is 9.47 Å². The smallest absolute Gasteiger partial charge is 0.145 e. The Labute approximate surface area is 340 Å². The summed E-state index contributed by atoms with van der Waals surface area (Å²) in [6, 6.07) is 40.9. The number of aliphatic imine (C=N–C) groups is 1. The molecule has 5 aromatic carbocycles. The number of pyridine rings is 1. The third kappa shape index (κ3) is 4.76. The van der Waals surface area contributed by atoms with Gasteiger partial charge in [-0.25, -0.2) is 4.98 Å². The van der Waals surface area contributed by atoms with Crippen LogP contribution in [0, 0.1) is 26.7 Å². The van der Waals surface area contributed by atoms with Crippen LogP contribution in [0.1, 0.15) is 74.4 Å². The van der Waals surface area contributed by atoms with E-state index in [1.54, 1.807) is 0 Å². The molecule has 0 fully saturated rings. The van der Waals surface area contributed by atoms with Gasteiger partial charge >= 0.3 is 0 Å². The van der Waals surface area contributed by atoms with E-state index in [1.807, 2.05) is 12.3 Å². The van der Waals surface area contributed by atoms with Crippen LogP contribution in [0.25, 0.3) is 55.1 Å². The third-order valence-electron chi connectivity index (χ3n) is 13.8. The van der Waals surface area contributed by atoms with Crippen molar-refractivity contribution in [2.75, 3.05) is 0 Å². The Kier molecular flexibility index (Phi) is 7.34. The minimum absolute atomic E-state index is 0.256. The van der Waals surface area contributed by atoms with Crippen molar-refractivity contribution in [1.82, 2.24) is 19.0 Å². The summed E-state index contributed by atoms with van der Waals surface area (Å²) in [7, 11) is 0. The molecule has 2 aliphatic carbocycles. The summed E-state index contributed by atoms with van der Waals surface area (Å²) in [6.45, 7) is 18.4. The molecule has 4 heterocycles. The fraction of sp³-hybridized carbons (Fsp3) is 0.245. The zero-order valence-electron chi connectivity index (χ0n) is 34.8. The second-order valence-electron chi connectivity index (χ2n) is 18.0. The maximum atomic E-state index is 5.89. The number of allylic oxidation sites excluding steroid dienone is 4. The number of rotatable bonds is 4.